The summed E-state index contributed by atoms with van der Waals surface area (Å²) in [6.45, 7) is 2.77. The molecule has 3 heteroatoms. The SMILES string of the molecule is CC(CCN)c1ccc(F)c(-c2ccc(N(C)C)cc2)c1. The molecule has 0 fully saturated rings. The number of rotatable bonds is 5. The van der Waals surface area contributed by atoms with E-state index in [1.54, 1.807) is 6.07 Å². The van der Waals surface area contributed by atoms with Gasteiger partial charge in [0.1, 0.15) is 5.82 Å². The highest BCUT2D eigenvalue weighted by Gasteiger charge is 2.10. The van der Waals surface area contributed by atoms with E-state index in [1.807, 2.05) is 55.4 Å². The van der Waals surface area contributed by atoms with E-state index in [9.17, 15) is 4.39 Å². The molecular formula is C18H23FN2. The van der Waals surface area contributed by atoms with Crippen molar-refractivity contribution >= 4 is 5.69 Å². The Labute approximate surface area is 126 Å². The van der Waals surface area contributed by atoms with Crippen molar-refractivity contribution in [2.24, 2.45) is 5.73 Å². The van der Waals surface area contributed by atoms with Gasteiger partial charge in [-0.15, -0.1) is 0 Å². The van der Waals surface area contributed by atoms with Crippen LogP contribution in [0, 0.1) is 5.82 Å². The first-order valence-electron chi connectivity index (χ1n) is 7.30. The van der Waals surface area contributed by atoms with Gasteiger partial charge in [0, 0.05) is 25.3 Å². The molecular weight excluding hydrogens is 263 g/mol. The van der Waals surface area contributed by atoms with Crippen LogP contribution in [0.3, 0.4) is 0 Å². The summed E-state index contributed by atoms with van der Waals surface area (Å²) in [5.41, 5.74) is 9.41. The standard InChI is InChI=1S/C18H23FN2/c1-13(10-11-20)15-6-9-18(19)17(12-15)14-4-7-16(8-5-14)21(2)3/h4-9,12-13H,10-11,20H2,1-3H3. The lowest BCUT2D eigenvalue weighted by Crippen LogP contribution is -2.08. The van der Waals surface area contributed by atoms with Crippen LogP contribution in [0.5, 0.6) is 0 Å². The summed E-state index contributed by atoms with van der Waals surface area (Å²) in [5.74, 6) is 0.159. The Kier molecular flexibility index (Phi) is 4.97. The molecule has 0 spiro atoms. The van der Waals surface area contributed by atoms with E-state index in [0.29, 0.717) is 18.0 Å². The van der Waals surface area contributed by atoms with E-state index in [1.165, 1.54) is 0 Å². The number of hydrogen-bond acceptors (Lipinski definition) is 2. The van der Waals surface area contributed by atoms with Crippen LogP contribution in [0.4, 0.5) is 10.1 Å². The molecule has 0 radical (unpaired) electrons. The second kappa shape index (κ2) is 6.72. The third kappa shape index (κ3) is 3.61. The minimum atomic E-state index is -0.184. The van der Waals surface area contributed by atoms with Crippen molar-refractivity contribution in [2.45, 2.75) is 19.3 Å². The third-order valence-electron chi connectivity index (χ3n) is 3.85. The molecule has 0 bridgehead atoms. The van der Waals surface area contributed by atoms with Gasteiger partial charge >= 0.3 is 0 Å². The van der Waals surface area contributed by atoms with Crippen molar-refractivity contribution in [3.05, 3.63) is 53.8 Å². The van der Waals surface area contributed by atoms with Crippen LogP contribution in [0.1, 0.15) is 24.8 Å². The smallest absolute Gasteiger partial charge is 0.131 e. The molecule has 112 valence electrons. The molecule has 2 N–H and O–H groups in total. The van der Waals surface area contributed by atoms with Gasteiger partial charge in [0.15, 0.2) is 0 Å². The molecule has 1 atom stereocenters. The number of halogens is 1. The lowest BCUT2D eigenvalue weighted by molar-refractivity contribution is 0.627. The van der Waals surface area contributed by atoms with E-state index < -0.39 is 0 Å². The molecule has 0 aliphatic carbocycles. The summed E-state index contributed by atoms with van der Waals surface area (Å²) in [5, 5.41) is 0. The lowest BCUT2D eigenvalue weighted by atomic mass is 9.93. The van der Waals surface area contributed by atoms with Gasteiger partial charge in [-0.05, 0) is 54.3 Å². The predicted octanol–water partition coefficient (Wildman–Crippen LogP) is 4.01. The van der Waals surface area contributed by atoms with Gasteiger partial charge in [-0.1, -0.05) is 25.1 Å². The first-order valence-corrected chi connectivity index (χ1v) is 7.30. The maximum Gasteiger partial charge on any atom is 0.131 e. The van der Waals surface area contributed by atoms with Gasteiger partial charge in [-0.2, -0.15) is 0 Å². The van der Waals surface area contributed by atoms with Gasteiger partial charge in [0.2, 0.25) is 0 Å². The number of nitrogens with zero attached hydrogens (tertiary/aromatic N) is 1. The third-order valence-corrected chi connectivity index (χ3v) is 3.85. The Balaban J connectivity index is 2.36. The van der Waals surface area contributed by atoms with E-state index in [4.69, 9.17) is 5.73 Å². The molecule has 2 nitrogen and oxygen atoms in total. The van der Waals surface area contributed by atoms with Crippen molar-refractivity contribution in [1.29, 1.82) is 0 Å². The minimum absolute atomic E-state index is 0.184. The molecule has 0 aliphatic heterocycles. The summed E-state index contributed by atoms with van der Waals surface area (Å²) in [6, 6.07) is 13.3. The van der Waals surface area contributed by atoms with Crippen LogP contribution < -0.4 is 10.6 Å². The quantitative estimate of drug-likeness (QED) is 0.899. The average Bonchev–Trinajstić information content (AvgIpc) is 2.48. The first kappa shape index (κ1) is 15.5. The van der Waals surface area contributed by atoms with Crippen LogP contribution >= 0.6 is 0 Å². The molecule has 0 aromatic heterocycles. The zero-order valence-corrected chi connectivity index (χ0v) is 12.9. The Morgan fingerprint density at radius 3 is 2.33 bits per heavy atom. The average molecular weight is 286 g/mol. The zero-order chi connectivity index (χ0) is 15.4. The Morgan fingerprint density at radius 2 is 1.76 bits per heavy atom. The fraction of sp³-hybridized carbons (Fsp3) is 0.333. The van der Waals surface area contributed by atoms with Crippen molar-refractivity contribution < 1.29 is 4.39 Å². The summed E-state index contributed by atoms with van der Waals surface area (Å²) in [6.07, 6.45) is 0.907. The Hall–Kier alpha value is -1.87. The highest BCUT2D eigenvalue weighted by molar-refractivity contribution is 5.67. The van der Waals surface area contributed by atoms with E-state index in [-0.39, 0.29) is 5.82 Å². The number of anilines is 1. The van der Waals surface area contributed by atoms with Crippen LogP contribution in [-0.4, -0.2) is 20.6 Å². The van der Waals surface area contributed by atoms with E-state index in [0.717, 1.165) is 23.2 Å². The van der Waals surface area contributed by atoms with Crippen LogP contribution in [0.15, 0.2) is 42.5 Å². The van der Waals surface area contributed by atoms with E-state index >= 15 is 0 Å². The van der Waals surface area contributed by atoms with Crippen molar-refractivity contribution in [1.82, 2.24) is 0 Å². The normalized spacial score (nSPS) is 12.2. The zero-order valence-electron chi connectivity index (χ0n) is 12.9. The fourth-order valence-electron chi connectivity index (χ4n) is 2.43. The van der Waals surface area contributed by atoms with Gasteiger partial charge in [0.25, 0.3) is 0 Å². The molecule has 0 heterocycles. The summed E-state index contributed by atoms with van der Waals surface area (Å²) in [4.78, 5) is 2.03. The number of nitrogens with two attached hydrogens (primary N) is 1. The Bertz CT molecular complexity index is 591. The first-order chi connectivity index (χ1) is 10.0. The largest absolute Gasteiger partial charge is 0.378 e. The van der Waals surface area contributed by atoms with Crippen molar-refractivity contribution in [2.75, 3.05) is 25.5 Å². The lowest BCUT2D eigenvalue weighted by Gasteiger charge is -2.15. The highest BCUT2D eigenvalue weighted by atomic mass is 19.1. The van der Waals surface area contributed by atoms with Gasteiger partial charge in [-0.25, -0.2) is 4.39 Å². The molecule has 0 saturated heterocycles. The molecule has 0 aliphatic rings. The van der Waals surface area contributed by atoms with Crippen LogP contribution in [0.2, 0.25) is 0 Å². The maximum absolute atomic E-state index is 14.1. The predicted molar refractivity (Wildman–Crippen MR) is 88.2 cm³/mol. The summed E-state index contributed by atoms with van der Waals surface area (Å²) < 4.78 is 14.1. The van der Waals surface area contributed by atoms with Crippen LogP contribution in [-0.2, 0) is 0 Å². The fourth-order valence-corrected chi connectivity index (χ4v) is 2.43. The minimum Gasteiger partial charge on any atom is -0.378 e. The summed E-state index contributed by atoms with van der Waals surface area (Å²) in [7, 11) is 3.98. The van der Waals surface area contributed by atoms with Crippen molar-refractivity contribution in [3.63, 3.8) is 0 Å². The van der Waals surface area contributed by atoms with Gasteiger partial charge in [0.05, 0.1) is 0 Å². The second-order valence-corrected chi connectivity index (χ2v) is 5.66. The van der Waals surface area contributed by atoms with Crippen LogP contribution in [0.25, 0.3) is 11.1 Å². The van der Waals surface area contributed by atoms with Crippen molar-refractivity contribution in [3.8, 4) is 11.1 Å². The topological polar surface area (TPSA) is 29.3 Å². The molecule has 0 saturated carbocycles. The monoisotopic (exact) mass is 286 g/mol. The number of benzene rings is 2. The summed E-state index contributed by atoms with van der Waals surface area (Å²) >= 11 is 0. The molecule has 21 heavy (non-hydrogen) atoms. The van der Waals surface area contributed by atoms with Gasteiger partial charge in [-0.3, -0.25) is 0 Å². The maximum atomic E-state index is 14.1. The molecule has 1 unspecified atom stereocenters. The Morgan fingerprint density at radius 1 is 1.10 bits per heavy atom. The second-order valence-electron chi connectivity index (χ2n) is 5.66. The molecule has 2 aromatic rings. The van der Waals surface area contributed by atoms with E-state index in [2.05, 4.69) is 6.92 Å². The highest BCUT2D eigenvalue weighted by Crippen LogP contribution is 2.29. The number of hydrogen-bond donors (Lipinski definition) is 1. The molecule has 2 rings (SSSR count). The molecule has 2 aromatic carbocycles. The van der Waals surface area contributed by atoms with Gasteiger partial charge < -0.3 is 10.6 Å². The molecule has 0 amide bonds.